The average molecular weight is 707 g/mol. The van der Waals surface area contributed by atoms with E-state index in [-0.39, 0.29) is 0 Å². The number of anilines is 6. The molecule has 0 fully saturated rings. The van der Waals surface area contributed by atoms with Gasteiger partial charge in [-0.25, -0.2) is 0 Å². The molecule has 2 heteroatoms. The van der Waals surface area contributed by atoms with Gasteiger partial charge in [-0.1, -0.05) is 146 Å². The number of hydrogen-bond donors (Lipinski definition) is 0. The Labute approximate surface area is 324 Å². The summed E-state index contributed by atoms with van der Waals surface area (Å²) in [5, 5.41) is 0. The van der Waals surface area contributed by atoms with Crippen molar-refractivity contribution in [2.24, 2.45) is 0 Å². The lowest BCUT2D eigenvalue weighted by Gasteiger charge is -2.25. The molecule has 0 saturated carbocycles. The molecule has 8 aromatic rings. The first kappa shape index (κ1) is 33.9. The molecule has 0 unspecified atom stereocenters. The maximum Gasteiger partial charge on any atom is 0.0462 e. The van der Waals surface area contributed by atoms with Crippen molar-refractivity contribution in [1.82, 2.24) is 0 Å². The van der Waals surface area contributed by atoms with E-state index < -0.39 is 0 Å². The Morgan fingerprint density at radius 1 is 0.218 bits per heavy atom. The van der Waals surface area contributed by atoms with E-state index in [4.69, 9.17) is 0 Å². The van der Waals surface area contributed by atoms with Crippen molar-refractivity contribution in [3.05, 3.63) is 230 Å². The highest BCUT2D eigenvalue weighted by Gasteiger charge is 2.19. The summed E-state index contributed by atoms with van der Waals surface area (Å²) in [6, 6.07) is 78.5. The van der Waals surface area contributed by atoms with Crippen LogP contribution in [0.1, 0.15) is 30.4 Å². The maximum absolute atomic E-state index is 2.31. The van der Waals surface area contributed by atoms with Gasteiger partial charge < -0.3 is 9.80 Å². The molecule has 0 atom stereocenters. The molecular formula is C53H42N2. The molecule has 8 aromatic carbocycles. The SMILES string of the molecule is c1ccc(N(c2ccccc2)c2ccc(-c3ccc(C4=C(c5ccc(-c6ccc(N(c7ccccc7)c7ccccc7)cc6)cc5)CCC4)cc3)cc2)cc1. The summed E-state index contributed by atoms with van der Waals surface area (Å²) in [7, 11) is 0. The summed E-state index contributed by atoms with van der Waals surface area (Å²) in [5.74, 6) is 0. The molecule has 9 rings (SSSR count). The first-order valence-electron chi connectivity index (χ1n) is 19.2. The Hall–Kier alpha value is -6.90. The summed E-state index contributed by atoms with van der Waals surface area (Å²) in [5.41, 5.74) is 17.3. The first-order valence-corrected chi connectivity index (χ1v) is 19.2. The Kier molecular flexibility index (Phi) is 9.62. The molecule has 0 saturated heterocycles. The third-order valence-electron chi connectivity index (χ3n) is 10.7. The van der Waals surface area contributed by atoms with Crippen LogP contribution in [0.25, 0.3) is 33.4 Å². The number of rotatable bonds is 10. The lowest BCUT2D eigenvalue weighted by atomic mass is 9.94. The Bertz CT molecular complexity index is 2230. The van der Waals surface area contributed by atoms with Crippen LogP contribution in [0, 0.1) is 0 Å². The van der Waals surface area contributed by atoms with Crippen molar-refractivity contribution in [1.29, 1.82) is 0 Å². The summed E-state index contributed by atoms with van der Waals surface area (Å²) in [4.78, 5) is 4.60. The van der Waals surface area contributed by atoms with Crippen LogP contribution in [0.2, 0.25) is 0 Å². The van der Waals surface area contributed by atoms with Gasteiger partial charge in [-0.15, -0.1) is 0 Å². The molecular weight excluding hydrogens is 665 g/mol. The van der Waals surface area contributed by atoms with Gasteiger partial charge >= 0.3 is 0 Å². The summed E-state index contributed by atoms with van der Waals surface area (Å²) in [6.07, 6.45) is 3.41. The minimum Gasteiger partial charge on any atom is -0.311 e. The predicted molar refractivity (Wildman–Crippen MR) is 234 cm³/mol. The Morgan fingerprint density at radius 3 is 0.709 bits per heavy atom. The molecule has 0 aromatic heterocycles. The molecule has 0 spiro atoms. The van der Waals surface area contributed by atoms with Crippen LogP contribution in [0.4, 0.5) is 34.1 Å². The van der Waals surface area contributed by atoms with E-state index in [1.54, 1.807) is 0 Å². The number of para-hydroxylation sites is 4. The zero-order valence-electron chi connectivity index (χ0n) is 30.8. The third-order valence-corrected chi connectivity index (χ3v) is 10.7. The topological polar surface area (TPSA) is 6.48 Å². The molecule has 1 aliphatic rings. The van der Waals surface area contributed by atoms with Gasteiger partial charge in [0.2, 0.25) is 0 Å². The van der Waals surface area contributed by atoms with Gasteiger partial charge in [0, 0.05) is 34.1 Å². The predicted octanol–water partition coefficient (Wildman–Crippen LogP) is 15.1. The third kappa shape index (κ3) is 7.23. The molecule has 264 valence electrons. The van der Waals surface area contributed by atoms with Gasteiger partial charge in [-0.05, 0) is 137 Å². The first-order chi connectivity index (χ1) is 27.3. The van der Waals surface area contributed by atoms with Crippen molar-refractivity contribution >= 4 is 45.3 Å². The van der Waals surface area contributed by atoms with Crippen LogP contribution < -0.4 is 9.80 Å². The normalized spacial score (nSPS) is 12.4. The summed E-state index contributed by atoms with van der Waals surface area (Å²) < 4.78 is 0. The molecule has 55 heavy (non-hydrogen) atoms. The van der Waals surface area contributed by atoms with Crippen molar-refractivity contribution in [2.75, 3.05) is 9.80 Å². The van der Waals surface area contributed by atoms with Gasteiger partial charge in [0.15, 0.2) is 0 Å². The van der Waals surface area contributed by atoms with E-state index in [1.807, 2.05) is 0 Å². The minimum atomic E-state index is 1.11. The maximum atomic E-state index is 2.31. The molecule has 1 aliphatic carbocycles. The van der Waals surface area contributed by atoms with Crippen molar-refractivity contribution in [3.8, 4) is 22.3 Å². The molecule has 0 bridgehead atoms. The Balaban J connectivity index is 0.927. The van der Waals surface area contributed by atoms with Crippen LogP contribution in [0.15, 0.2) is 218 Å². The second-order valence-corrected chi connectivity index (χ2v) is 14.1. The van der Waals surface area contributed by atoms with Gasteiger partial charge in [-0.3, -0.25) is 0 Å². The van der Waals surface area contributed by atoms with E-state index in [2.05, 4.69) is 228 Å². The zero-order valence-corrected chi connectivity index (χ0v) is 30.8. The fourth-order valence-corrected chi connectivity index (χ4v) is 7.92. The standard InChI is InChI=1S/C53H42N2/c1-5-14-46(15-6-1)54(47-16-7-2-8-17-47)50-36-32-42(33-37-50)40-24-28-44(29-25-40)52-22-13-23-53(52)45-30-26-41(27-31-45)43-34-38-51(39-35-43)55(48-18-9-3-10-19-48)49-20-11-4-12-21-49/h1-12,14-21,24-39H,13,22-23H2. The van der Waals surface area contributed by atoms with Crippen molar-refractivity contribution in [3.63, 3.8) is 0 Å². The second kappa shape index (κ2) is 15.6. The van der Waals surface area contributed by atoms with E-state index in [1.165, 1.54) is 50.9 Å². The lowest BCUT2D eigenvalue weighted by molar-refractivity contribution is 0.942. The largest absolute Gasteiger partial charge is 0.311 e. The molecule has 0 aliphatic heterocycles. The Morgan fingerprint density at radius 2 is 0.436 bits per heavy atom. The quantitative estimate of drug-likeness (QED) is 0.140. The van der Waals surface area contributed by atoms with E-state index in [0.717, 1.165) is 47.0 Å². The van der Waals surface area contributed by atoms with Crippen molar-refractivity contribution in [2.45, 2.75) is 19.3 Å². The lowest BCUT2D eigenvalue weighted by Crippen LogP contribution is -2.09. The van der Waals surface area contributed by atoms with E-state index in [9.17, 15) is 0 Å². The molecule has 2 nitrogen and oxygen atoms in total. The number of allylic oxidation sites excluding steroid dienone is 2. The number of benzene rings is 8. The van der Waals surface area contributed by atoms with Crippen molar-refractivity contribution < 1.29 is 0 Å². The van der Waals surface area contributed by atoms with Gasteiger partial charge in [0.1, 0.15) is 0 Å². The van der Waals surface area contributed by atoms with Gasteiger partial charge in [0.05, 0.1) is 0 Å². The molecule has 0 N–H and O–H groups in total. The van der Waals surface area contributed by atoms with E-state index in [0.29, 0.717) is 0 Å². The van der Waals surface area contributed by atoms with Crippen LogP contribution >= 0.6 is 0 Å². The summed E-state index contributed by atoms with van der Waals surface area (Å²) in [6.45, 7) is 0. The fraction of sp³-hybridized carbons (Fsp3) is 0.0566. The van der Waals surface area contributed by atoms with Crippen LogP contribution in [-0.4, -0.2) is 0 Å². The highest BCUT2D eigenvalue weighted by molar-refractivity contribution is 5.93. The van der Waals surface area contributed by atoms with Crippen LogP contribution in [0.5, 0.6) is 0 Å². The molecule has 0 radical (unpaired) electrons. The molecule has 0 heterocycles. The monoisotopic (exact) mass is 706 g/mol. The highest BCUT2D eigenvalue weighted by Crippen LogP contribution is 2.42. The van der Waals surface area contributed by atoms with Crippen LogP contribution in [-0.2, 0) is 0 Å². The fourth-order valence-electron chi connectivity index (χ4n) is 7.92. The number of nitrogens with zero attached hydrogens (tertiary/aromatic N) is 2. The van der Waals surface area contributed by atoms with Gasteiger partial charge in [0.25, 0.3) is 0 Å². The second-order valence-electron chi connectivity index (χ2n) is 14.1. The average Bonchev–Trinajstić information content (AvgIpc) is 3.77. The van der Waals surface area contributed by atoms with E-state index >= 15 is 0 Å². The molecule has 0 amide bonds. The number of hydrogen-bond acceptors (Lipinski definition) is 2. The summed E-state index contributed by atoms with van der Waals surface area (Å²) >= 11 is 0. The smallest absolute Gasteiger partial charge is 0.0462 e. The highest BCUT2D eigenvalue weighted by atomic mass is 15.1. The van der Waals surface area contributed by atoms with Gasteiger partial charge in [-0.2, -0.15) is 0 Å². The zero-order chi connectivity index (χ0) is 36.8. The minimum absolute atomic E-state index is 1.11. The van der Waals surface area contributed by atoms with Crippen LogP contribution in [0.3, 0.4) is 0 Å².